The van der Waals surface area contributed by atoms with Crippen molar-refractivity contribution in [1.29, 1.82) is 0 Å². The summed E-state index contributed by atoms with van der Waals surface area (Å²) in [4.78, 5) is 19.0. The molecule has 1 saturated heterocycles. The largest absolute Gasteiger partial charge is 0.497 e. The van der Waals surface area contributed by atoms with E-state index >= 15 is 0 Å². The fraction of sp³-hybridized carbons (Fsp3) is 0.407. The number of benzene rings is 2. The number of piperidine rings is 1. The summed E-state index contributed by atoms with van der Waals surface area (Å²) >= 11 is 0. The van der Waals surface area contributed by atoms with E-state index < -0.39 is 0 Å². The summed E-state index contributed by atoms with van der Waals surface area (Å²) < 4.78 is 7.10. The minimum absolute atomic E-state index is 0.0910. The lowest BCUT2D eigenvalue weighted by Gasteiger charge is -2.36. The molecule has 2 aromatic carbocycles. The molecular formula is C27H32N6O2. The molecule has 1 aliphatic heterocycles. The van der Waals surface area contributed by atoms with Crippen molar-refractivity contribution in [1.82, 2.24) is 30.1 Å². The van der Waals surface area contributed by atoms with Crippen LogP contribution in [0.25, 0.3) is 10.9 Å². The fourth-order valence-electron chi connectivity index (χ4n) is 5.29. The number of nitrogens with zero attached hydrogens (tertiary/aromatic N) is 5. The van der Waals surface area contributed by atoms with Crippen molar-refractivity contribution < 1.29 is 4.74 Å². The van der Waals surface area contributed by atoms with Crippen LogP contribution in [-0.4, -0.2) is 50.3 Å². The molecule has 0 saturated carbocycles. The highest BCUT2D eigenvalue weighted by molar-refractivity contribution is 5.83. The standard InChI is InChI=1S/C27H32N6O2/c1-17-6-5-11-32(15-17)25(23-14-21-13-18(2)12-19(3)24(21)28-27(23)34)26-29-30-31-33(26)16-20-7-9-22(35-4)10-8-20/h7-10,12-14,17,25H,5-6,11,15-16H2,1-4H3,(H,28,34)/t17-,25+/m1/s1. The van der Waals surface area contributed by atoms with Gasteiger partial charge in [-0.1, -0.05) is 30.7 Å². The molecule has 8 heteroatoms. The third-order valence-electron chi connectivity index (χ3n) is 6.97. The van der Waals surface area contributed by atoms with Gasteiger partial charge in [0.1, 0.15) is 11.8 Å². The second-order valence-electron chi connectivity index (χ2n) is 9.79. The van der Waals surface area contributed by atoms with Crippen LogP contribution in [0.1, 0.15) is 53.9 Å². The summed E-state index contributed by atoms with van der Waals surface area (Å²) in [5, 5.41) is 13.8. The van der Waals surface area contributed by atoms with E-state index in [2.05, 4.69) is 51.4 Å². The van der Waals surface area contributed by atoms with E-state index in [0.29, 0.717) is 23.9 Å². The molecule has 5 rings (SSSR count). The van der Waals surface area contributed by atoms with E-state index in [1.165, 1.54) is 12.0 Å². The van der Waals surface area contributed by atoms with Gasteiger partial charge in [-0.2, -0.15) is 0 Å². The molecule has 1 N–H and O–H groups in total. The van der Waals surface area contributed by atoms with Gasteiger partial charge < -0.3 is 9.72 Å². The lowest BCUT2D eigenvalue weighted by atomic mass is 9.95. The number of aromatic amines is 1. The van der Waals surface area contributed by atoms with Crippen LogP contribution in [0.2, 0.25) is 0 Å². The van der Waals surface area contributed by atoms with Crippen molar-refractivity contribution in [2.24, 2.45) is 5.92 Å². The summed E-state index contributed by atoms with van der Waals surface area (Å²) in [7, 11) is 1.66. The maximum absolute atomic E-state index is 13.5. The van der Waals surface area contributed by atoms with E-state index in [9.17, 15) is 4.79 Å². The third kappa shape index (κ3) is 4.71. The number of fused-ring (bicyclic) bond motifs is 1. The average molecular weight is 473 g/mol. The van der Waals surface area contributed by atoms with E-state index in [1.54, 1.807) is 7.11 Å². The summed E-state index contributed by atoms with van der Waals surface area (Å²) in [5.41, 5.74) is 4.77. The Bertz CT molecular complexity index is 1390. The molecule has 1 fully saturated rings. The number of aryl methyl sites for hydroxylation is 2. The van der Waals surface area contributed by atoms with Gasteiger partial charge in [0.05, 0.1) is 19.2 Å². The van der Waals surface area contributed by atoms with Crippen molar-refractivity contribution in [2.45, 2.75) is 46.2 Å². The number of nitrogens with one attached hydrogen (secondary N) is 1. The number of rotatable bonds is 6. The number of tetrazole rings is 1. The van der Waals surface area contributed by atoms with Gasteiger partial charge >= 0.3 is 0 Å². The normalized spacial score (nSPS) is 17.5. The van der Waals surface area contributed by atoms with Crippen molar-refractivity contribution in [3.05, 3.63) is 80.9 Å². The predicted molar refractivity (Wildman–Crippen MR) is 136 cm³/mol. The fourth-order valence-corrected chi connectivity index (χ4v) is 5.29. The zero-order valence-corrected chi connectivity index (χ0v) is 20.8. The van der Waals surface area contributed by atoms with Gasteiger partial charge in [-0.15, -0.1) is 5.10 Å². The second kappa shape index (κ2) is 9.62. The van der Waals surface area contributed by atoms with Gasteiger partial charge in [-0.05, 0) is 90.4 Å². The molecule has 0 aliphatic carbocycles. The van der Waals surface area contributed by atoms with Gasteiger partial charge in [0.25, 0.3) is 5.56 Å². The van der Waals surface area contributed by atoms with Crippen molar-refractivity contribution in [3.8, 4) is 5.75 Å². The molecule has 182 valence electrons. The molecule has 8 nitrogen and oxygen atoms in total. The Hall–Kier alpha value is -3.52. The maximum atomic E-state index is 13.5. The molecule has 4 aromatic rings. The molecule has 3 heterocycles. The molecule has 35 heavy (non-hydrogen) atoms. The molecule has 0 amide bonds. The highest BCUT2D eigenvalue weighted by Gasteiger charge is 2.33. The summed E-state index contributed by atoms with van der Waals surface area (Å²) in [6.07, 6.45) is 2.27. The van der Waals surface area contributed by atoms with Gasteiger partial charge in [0.15, 0.2) is 5.82 Å². The van der Waals surface area contributed by atoms with Crippen LogP contribution in [0.15, 0.2) is 47.3 Å². The van der Waals surface area contributed by atoms with Gasteiger partial charge in [-0.25, -0.2) is 4.68 Å². The molecular weight excluding hydrogens is 440 g/mol. The first-order chi connectivity index (χ1) is 16.9. The predicted octanol–water partition coefficient (Wildman–Crippen LogP) is 4.01. The lowest BCUT2D eigenvalue weighted by molar-refractivity contribution is 0.141. The van der Waals surface area contributed by atoms with E-state index in [4.69, 9.17) is 4.74 Å². The minimum Gasteiger partial charge on any atom is -0.497 e. The average Bonchev–Trinajstić information content (AvgIpc) is 3.28. The van der Waals surface area contributed by atoms with E-state index in [-0.39, 0.29) is 11.6 Å². The Kier molecular flexibility index (Phi) is 6.38. The second-order valence-corrected chi connectivity index (χ2v) is 9.79. The van der Waals surface area contributed by atoms with Crippen LogP contribution in [0.3, 0.4) is 0 Å². The smallest absolute Gasteiger partial charge is 0.253 e. The molecule has 2 atom stereocenters. The van der Waals surface area contributed by atoms with Crippen LogP contribution in [-0.2, 0) is 6.54 Å². The number of likely N-dealkylation sites (tertiary alicyclic amines) is 1. The summed E-state index contributed by atoms with van der Waals surface area (Å²) in [6, 6.07) is 13.8. The maximum Gasteiger partial charge on any atom is 0.253 e. The molecule has 0 radical (unpaired) electrons. The van der Waals surface area contributed by atoms with Crippen LogP contribution in [0.5, 0.6) is 5.75 Å². The zero-order chi connectivity index (χ0) is 24.5. The summed E-state index contributed by atoms with van der Waals surface area (Å²) in [5.74, 6) is 2.03. The van der Waals surface area contributed by atoms with Crippen LogP contribution in [0, 0.1) is 19.8 Å². The molecule has 1 aliphatic rings. The first-order valence-corrected chi connectivity index (χ1v) is 12.2. The molecule has 0 unspecified atom stereocenters. The number of H-pyrrole nitrogens is 1. The number of pyridine rings is 1. The van der Waals surface area contributed by atoms with Gasteiger partial charge in [-0.3, -0.25) is 9.69 Å². The molecule has 2 aromatic heterocycles. The molecule has 0 bridgehead atoms. The van der Waals surface area contributed by atoms with E-state index in [1.807, 2.05) is 41.9 Å². The third-order valence-corrected chi connectivity index (χ3v) is 6.97. The Morgan fingerprint density at radius 2 is 1.97 bits per heavy atom. The first kappa shape index (κ1) is 23.2. The lowest BCUT2D eigenvalue weighted by Crippen LogP contribution is -2.41. The van der Waals surface area contributed by atoms with Crippen molar-refractivity contribution in [3.63, 3.8) is 0 Å². The Labute approximate surface area is 204 Å². The van der Waals surface area contributed by atoms with E-state index in [0.717, 1.165) is 47.3 Å². The topological polar surface area (TPSA) is 88.9 Å². The van der Waals surface area contributed by atoms with Gasteiger partial charge in [0, 0.05) is 12.1 Å². The quantitative estimate of drug-likeness (QED) is 0.456. The van der Waals surface area contributed by atoms with Crippen LogP contribution >= 0.6 is 0 Å². The van der Waals surface area contributed by atoms with Crippen LogP contribution < -0.4 is 10.3 Å². The van der Waals surface area contributed by atoms with Gasteiger partial charge in [0.2, 0.25) is 0 Å². The zero-order valence-electron chi connectivity index (χ0n) is 20.8. The Morgan fingerprint density at radius 1 is 1.17 bits per heavy atom. The number of hydrogen-bond acceptors (Lipinski definition) is 6. The number of aromatic nitrogens is 5. The monoisotopic (exact) mass is 472 g/mol. The highest BCUT2D eigenvalue weighted by Crippen LogP contribution is 2.31. The number of hydrogen-bond donors (Lipinski definition) is 1. The van der Waals surface area contributed by atoms with Crippen molar-refractivity contribution >= 4 is 10.9 Å². The highest BCUT2D eigenvalue weighted by atomic mass is 16.5. The Balaban J connectivity index is 1.61. The van der Waals surface area contributed by atoms with Crippen LogP contribution in [0.4, 0.5) is 0 Å². The SMILES string of the molecule is COc1ccc(Cn2nnnc2[C@H](c2cc3cc(C)cc(C)c3[nH]c2=O)N2CCC[C@@H](C)C2)cc1. The first-order valence-electron chi connectivity index (χ1n) is 12.2. The minimum atomic E-state index is -0.333. The number of ether oxygens (including phenoxy) is 1. The number of methoxy groups -OCH3 is 1. The summed E-state index contributed by atoms with van der Waals surface area (Å²) in [6.45, 7) is 8.68. The molecule has 0 spiro atoms. The van der Waals surface area contributed by atoms with Crippen molar-refractivity contribution in [2.75, 3.05) is 20.2 Å². The Morgan fingerprint density at radius 3 is 2.71 bits per heavy atom.